The average Bonchev–Trinajstić information content (AvgIpc) is 3.20. The number of ether oxygens (including phenoxy) is 2. The van der Waals surface area contributed by atoms with Crippen molar-refractivity contribution in [3.8, 4) is 0 Å². The Bertz CT molecular complexity index is 482. The number of carbonyl (C=O) groups is 1. The van der Waals surface area contributed by atoms with Crippen LogP contribution in [0.4, 0.5) is 0 Å². The van der Waals surface area contributed by atoms with E-state index in [0.717, 1.165) is 51.5 Å². The van der Waals surface area contributed by atoms with Crippen molar-refractivity contribution in [1.29, 1.82) is 0 Å². The molecule has 4 atom stereocenters. The molecule has 2 rings (SSSR count). The van der Waals surface area contributed by atoms with Crippen LogP contribution in [0.5, 0.6) is 0 Å². The van der Waals surface area contributed by atoms with Crippen LogP contribution in [0.1, 0.15) is 64.7 Å². The topological polar surface area (TPSA) is 67.8 Å². The molecule has 0 saturated carbocycles. The highest BCUT2D eigenvalue weighted by Crippen LogP contribution is 2.46. The molecule has 2 fully saturated rings. The fraction of sp³-hybridized carbons (Fsp3) is 0.800. The molecular weight excluding hydrogens is 350 g/mol. The van der Waals surface area contributed by atoms with Crippen LogP contribution in [0, 0.1) is 11.8 Å². The fourth-order valence-electron chi connectivity index (χ4n) is 4.05. The largest absolute Gasteiger partial charge is 0.481 e. The van der Waals surface area contributed by atoms with E-state index in [9.17, 15) is 4.79 Å². The lowest BCUT2D eigenvalue weighted by Crippen LogP contribution is -2.30. The Morgan fingerprint density at radius 1 is 1.27 bits per heavy atom. The number of fused-ring (bicyclic) bond motifs is 2. The summed E-state index contributed by atoms with van der Waals surface area (Å²) in [6, 6.07) is 0. The summed E-state index contributed by atoms with van der Waals surface area (Å²) in [6.07, 6.45) is 13.4. The molecule has 2 N–H and O–H groups in total. The summed E-state index contributed by atoms with van der Waals surface area (Å²) >= 11 is 5.21. The smallest absolute Gasteiger partial charge is 0.303 e. The highest BCUT2D eigenvalue weighted by atomic mass is 32.1. The second-order valence-electron chi connectivity index (χ2n) is 7.32. The third-order valence-corrected chi connectivity index (χ3v) is 5.67. The molecule has 5 nitrogen and oxygen atoms in total. The highest BCUT2D eigenvalue weighted by Gasteiger charge is 2.47. The van der Waals surface area contributed by atoms with Gasteiger partial charge in [-0.3, -0.25) is 4.79 Å². The van der Waals surface area contributed by atoms with Gasteiger partial charge in [-0.25, -0.2) is 0 Å². The van der Waals surface area contributed by atoms with Crippen molar-refractivity contribution in [3.05, 3.63) is 12.2 Å². The maximum Gasteiger partial charge on any atom is 0.303 e. The number of thiocarbonyl (C=S) groups is 1. The van der Waals surface area contributed by atoms with Gasteiger partial charge in [0.15, 0.2) is 0 Å². The van der Waals surface area contributed by atoms with Crippen LogP contribution in [-0.2, 0) is 14.3 Å². The molecule has 6 heteroatoms. The minimum atomic E-state index is -0.720. The van der Waals surface area contributed by atoms with E-state index in [0.29, 0.717) is 42.2 Å². The molecule has 0 unspecified atom stereocenters. The number of allylic oxidation sites excluding steroid dienone is 2. The summed E-state index contributed by atoms with van der Waals surface area (Å²) < 4.78 is 11.8. The molecule has 2 bridgehead atoms. The molecule has 0 radical (unpaired) electrons. The number of carboxylic acid groups (broad SMARTS) is 1. The molecule has 0 spiro atoms. The van der Waals surface area contributed by atoms with Gasteiger partial charge in [0, 0.05) is 13.0 Å². The summed E-state index contributed by atoms with van der Waals surface area (Å²) in [7, 11) is 0. The molecule has 0 aromatic heterocycles. The summed E-state index contributed by atoms with van der Waals surface area (Å²) in [4.78, 5) is 10.5. The number of aliphatic carboxylic acids is 1. The van der Waals surface area contributed by atoms with E-state index in [1.807, 2.05) is 0 Å². The zero-order chi connectivity index (χ0) is 18.8. The van der Waals surface area contributed by atoms with Crippen LogP contribution >= 0.6 is 12.2 Å². The maximum absolute atomic E-state index is 10.5. The van der Waals surface area contributed by atoms with Gasteiger partial charge in [-0.15, -0.1) is 0 Å². The molecular formula is C20H33NO4S. The Kier molecular flexibility index (Phi) is 9.40. The summed E-state index contributed by atoms with van der Waals surface area (Å²) in [5, 5.41) is 12.3. The molecule has 0 amide bonds. The van der Waals surface area contributed by atoms with E-state index in [1.165, 1.54) is 0 Å². The molecule has 0 aromatic carbocycles. The standard InChI is InChI=1S/C20H33NO4S/c1-2-3-13-21-20(26)24-14-12-16-15(17-10-11-18(16)25-17)8-6-4-5-7-9-19(22)23/h4,6,15-18H,2-3,5,7-14H2,1H3,(H,21,26)(H,22,23)/b6-4-/t15-,16-,17-,18+/m1/s1. The molecule has 0 aliphatic carbocycles. The van der Waals surface area contributed by atoms with Crippen molar-refractivity contribution in [1.82, 2.24) is 5.32 Å². The number of unbranched alkanes of at least 4 members (excludes halogenated alkanes) is 2. The number of carboxylic acids is 1. The third-order valence-electron chi connectivity index (χ3n) is 5.41. The van der Waals surface area contributed by atoms with E-state index >= 15 is 0 Å². The van der Waals surface area contributed by atoms with Gasteiger partial charge in [0.1, 0.15) is 0 Å². The molecule has 148 valence electrons. The fourth-order valence-corrected chi connectivity index (χ4v) is 4.23. The first kappa shape index (κ1) is 21.2. The van der Waals surface area contributed by atoms with Crippen LogP contribution < -0.4 is 5.32 Å². The van der Waals surface area contributed by atoms with Crippen molar-refractivity contribution < 1.29 is 19.4 Å². The van der Waals surface area contributed by atoms with Gasteiger partial charge in [-0.1, -0.05) is 25.5 Å². The van der Waals surface area contributed by atoms with Crippen LogP contribution in [0.3, 0.4) is 0 Å². The van der Waals surface area contributed by atoms with Gasteiger partial charge in [-0.05, 0) is 69.0 Å². The van der Waals surface area contributed by atoms with Gasteiger partial charge in [0.05, 0.1) is 18.8 Å². The molecule has 2 saturated heterocycles. The molecule has 2 aliphatic rings. The van der Waals surface area contributed by atoms with Gasteiger partial charge in [-0.2, -0.15) is 0 Å². The second-order valence-corrected chi connectivity index (χ2v) is 7.69. The SMILES string of the molecule is CCCCNC(=S)OCC[C@@H]1[C@@H](C/C=C\CCCC(=O)O)[C@H]2CC[C@@H]1O2. The van der Waals surface area contributed by atoms with Crippen LogP contribution in [0.15, 0.2) is 12.2 Å². The summed E-state index contributed by atoms with van der Waals surface area (Å²) in [5.74, 6) is 0.368. The van der Waals surface area contributed by atoms with E-state index in [4.69, 9.17) is 26.8 Å². The van der Waals surface area contributed by atoms with Crippen molar-refractivity contribution in [2.24, 2.45) is 11.8 Å². The van der Waals surface area contributed by atoms with Gasteiger partial charge in [0.2, 0.25) is 0 Å². The Labute approximate surface area is 162 Å². The van der Waals surface area contributed by atoms with E-state index < -0.39 is 5.97 Å². The predicted molar refractivity (Wildman–Crippen MR) is 106 cm³/mol. The lowest BCUT2D eigenvalue weighted by Gasteiger charge is -2.27. The monoisotopic (exact) mass is 383 g/mol. The first-order chi connectivity index (χ1) is 12.6. The number of hydrogen-bond donors (Lipinski definition) is 2. The van der Waals surface area contributed by atoms with E-state index in [2.05, 4.69) is 24.4 Å². The number of rotatable bonds is 12. The Hall–Kier alpha value is -1.14. The molecule has 26 heavy (non-hydrogen) atoms. The number of hydrogen-bond acceptors (Lipinski definition) is 4. The summed E-state index contributed by atoms with van der Waals surface area (Å²) in [5.41, 5.74) is 0. The normalized spacial score (nSPS) is 27.1. The van der Waals surface area contributed by atoms with Crippen molar-refractivity contribution in [2.75, 3.05) is 13.2 Å². The lowest BCUT2D eigenvalue weighted by molar-refractivity contribution is -0.137. The maximum atomic E-state index is 10.5. The first-order valence-corrected chi connectivity index (χ1v) is 10.5. The lowest BCUT2D eigenvalue weighted by atomic mass is 9.76. The van der Waals surface area contributed by atoms with Crippen LogP contribution in [0.2, 0.25) is 0 Å². The minimum Gasteiger partial charge on any atom is -0.481 e. The molecule has 2 heterocycles. The Morgan fingerprint density at radius 3 is 2.77 bits per heavy atom. The first-order valence-electron chi connectivity index (χ1n) is 10.0. The second kappa shape index (κ2) is 11.5. The zero-order valence-corrected chi connectivity index (χ0v) is 16.6. The van der Waals surface area contributed by atoms with Crippen LogP contribution in [-0.4, -0.2) is 41.6 Å². The van der Waals surface area contributed by atoms with E-state index in [1.54, 1.807) is 0 Å². The Morgan fingerprint density at radius 2 is 2.04 bits per heavy atom. The predicted octanol–water partition coefficient (Wildman–Crippen LogP) is 4.06. The zero-order valence-electron chi connectivity index (χ0n) is 15.8. The quantitative estimate of drug-likeness (QED) is 0.301. The van der Waals surface area contributed by atoms with Gasteiger partial charge >= 0.3 is 5.97 Å². The average molecular weight is 384 g/mol. The van der Waals surface area contributed by atoms with Crippen molar-refractivity contribution >= 4 is 23.4 Å². The highest BCUT2D eigenvalue weighted by molar-refractivity contribution is 7.80. The van der Waals surface area contributed by atoms with E-state index in [-0.39, 0.29) is 6.42 Å². The molecule has 0 aromatic rings. The minimum absolute atomic E-state index is 0.244. The van der Waals surface area contributed by atoms with Crippen molar-refractivity contribution in [3.63, 3.8) is 0 Å². The van der Waals surface area contributed by atoms with Crippen molar-refractivity contribution in [2.45, 2.75) is 76.9 Å². The van der Waals surface area contributed by atoms with Gasteiger partial charge in [0.25, 0.3) is 5.17 Å². The van der Waals surface area contributed by atoms with Gasteiger partial charge < -0.3 is 19.9 Å². The third kappa shape index (κ3) is 6.88. The van der Waals surface area contributed by atoms with Crippen LogP contribution in [0.25, 0.3) is 0 Å². The Balaban J connectivity index is 1.68. The summed E-state index contributed by atoms with van der Waals surface area (Å²) in [6.45, 7) is 3.68. The number of nitrogens with one attached hydrogen (secondary N) is 1. The molecule has 2 aliphatic heterocycles.